The first-order chi connectivity index (χ1) is 14.3. The van der Waals surface area contributed by atoms with E-state index in [2.05, 4.69) is 29.2 Å². The van der Waals surface area contributed by atoms with Crippen molar-refractivity contribution in [2.75, 3.05) is 44.7 Å². The Hall–Kier alpha value is -2.14. The number of alkyl halides is 3. The van der Waals surface area contributed by atoms with E-state index in [9.17, 15) is 26.4 Å². The van der Waals surface area contributed by atoms with Crippen LogP contribution < -0.4 is 0 Å². The molecule has 3 rings (SSSR count). The van der Waals surface area contributed by atoms with Crippen molar-refractivity contribution in [3.8, 4) is 0 Å². The lowest BCUT2D eigenvalue weighted by Gasteiger charge is -2.53. The van der Waals surface area contributed by atoms with Crippen LogP contribution >= 0.6 is 0 Å². The smallest absolute Gasteiger partial charge is 0.475 e. The van der Waals surface area contributed by atoms with Crippen LogP contribution in [-0.2, 0) is 25.8 Å². The van der Waals surface area contributed by atoms with Gasteiger partial charge in [0.1, 0.15) is 9.84 Å². The highest BCUT2D eigenvalue weighted by Gasteiger charge is 2.53. The van der Waals surface area contributed by atoms with Gasteiger partial charge in [-0.25, -0.2) is 13.2 Å². The summed E-state index contributed by atoms with van der Waals surface area (Å²) in [5, 5.41) is 7.12. The first kappa shape index (κ1) is 25.1. The summed E-state index contributed by atoms with van der Waals surface area (Å²) in [7, 11) is -3.02. The van der Waals surface area contributed by atoms with Crippen molar-refractivity contribution in [1.29, 1.82) is 0 Å². The van der Waals surface area contributed by atoms with Gasteiger partial charge in [0.05, 0.1) is 11.2 Å². The molecule has 2 fully saturated rings. The number of amides is 1. The van der Waals surface area contributed by atoms with Crippen LogP contribution in [0.4, 0.5) is 13.2 Å². The van der Waals surface area contributed by atoms with Gasteiger partial charge >= 0.3 is 12.1 Å². The molecule has 0 aliphatic carbocycles. The predicted octanol–water partition coefficient (Wildman–Crippen LogP) is 1.83. The predicted molar refractivity (Wildman–Crippen MR) is 108 cm³/mol. The number of β-lactam (4-membered cyclic amide) rings is 1. The Morgan fingerprint density at radius 2 is 1.77 bits per heavy atom. The van der Waals surface area contributed by atoms with Crippen LogP contribution in [-0.4, -0.2) is 86.1 Å². The highest BCUT2D eigenvalue weighted by atomic mass is 32.2. The SMILES string of the molecule is CS(=O)(=O)CCN1CC2(CCCN(CCc3ccccc3)C2)C1=O.O=C(O)C(F)(F)F. The molecule has 1 unspecified atom stereocenters. The molecule has 0 aromatic heterocycles. The molecule has 1 N–H and O–H groups in total. The fourth-order valence-corrected chi connectivity index (χ4v) is 4.41. The summed E-state index contributed by atoms with van der Waals surface area (Å²) in [6.07, 6.45) is -0.884. The van der Waals surface area contributed by atoms with E-state index in [1.807, 2.05) is 6.07 Å². The van der Waals surface area contributed by atoms with E-state index >= 15 is 0 Å². The quantitative estimate of drug-likeness (QED) is 0.646. The molecule has 1 aromatic carbocycles. The maximum Gasteiger partial charge on any atom is 0.490 e. The zero-order valence-electron chi connectivity index (χ0n) is 17.3. The van der Waals surface area contributed by atoms with Crippen LogP contribution in [0, 0.1) is 5.41 Å². The molecule has 31 heavy (non-hydrogen) atoms. The summed E-state index contributed by atoms with van der Waals surface area (Å²) in [5.41, 5.74) is 1.07. The third-order valence-electron chi connectivity index (χ3n) is 5.42. The summed E-state index contributed by atoms with van der Waals surface area (Å²) in [5.74, 6) is -2.55. The number of carbonyl (C=O) groups excluding carboxylic acids is 1. The third kappa shape index (κ3) is 7.49. The van der Waals surface area contributed by atoms with Crippen LogP contribution in [0.15, 0.2) is 30.3 Å². The molecule has 2 aliphatic heterocycles. The molecule has 2 heterocycles. The number of carboxylic acids is 1. The molecule has 7 nitrogen and oxygen atoms in total. The lowest BCUT2D eigenvalue weighted by molar-refractivity contribution is -0.192. The lowest BCUT2D eigenvalue weighted by Crippen LogP contribution is -2.67. The number of likely N-dealkylation sites (tertiary alicyclic amines) is 2. The Kier molecular flexibility index (Phi) is 8.09. The largest absolute Gasteiger partial charge is 0.490 e. The molecule has 1 amide bonds. The molecule has 1 spiro atoms. The van der Waals surface area contributed by atoms with Gasteiger partial charge in [-0.2, -0.15) is 13.2 Å². The van der Waals surface area contributed by atoms with Gasteiger partial charge < -0.3 is 14.9 Å². The summed E-state index contributed by atoms with van der Waals surface area (Å²) >= 11 is 0. The van der Waals surface area contributed by atoms with E-state index < -0.39 is 22.0 Å². The van der Waals surface area contributed by atoms with E-state index in [-0.39, 0.29) is 17.1 Å². The van der Waals surface area contributed by atoms with Crippen LogP contribution in [0.3, 0.4) is 0 Å². The summed E-state index contributed by atoms with van der Waals surface area (Å²) in [4.78, 5) is 25.6. The molecule has 0 saturated carbocycles. The van der Waals surface area contributed by atoms with Gasteiger partial charge in [0.2, 0.25) is 5.91 Å². The molecule has 1 aromatic rings. The van der Waals surface area contributed by atoms with Crippen molar-refractivity contribution in [2.24, 2.45) is 5.41 Å². The second-order valence-electron chi connectivity index (χ2n) is 8.06. The van der Waals surface area contributed by atoms with Crippen molar-refractivity contribution < 1.29 is 36.3 Å². The van der Waals surface area contributed by atoms with Crippen molar-refractivity contribution >= 4 is 21.7 Å². The number of rotatable bonds is 6. The van der Waals surface area contributed by atoms with Crippen LogP contribution in [0.5, 0.6) is 0 Å². The Balaban J connectivity index is 0.000000423. The molecular weight excluding hydrogens is 437 g/mol. The number of piperidine rings is 1. The minimum absolute atomic E-state index is 0.0620. The Bertz CT molecular complexity index is 877. The summed E-state index contributed by atoms with van der Waals surface area (Å²) in [6, 6.07) is 10.4. The number of nitrogens with zero attached hydrogens (tertiary/aromatic N) is 2. The van der Waals surface area contributed by atoms with Crippen molar-refractivity contribution in [3.05, 3.63) is 35.9 Å². The number of hydrogen-bond acceptors (Lipinski definition) is 5. The highest BCUT2D eigenvalue weighted by Crippen LogP contribution is 2.40. The molecule has 11 heteroatoms. The van der Waals surface area contributed by atoms with Gasteiger partial charge in [0.15, 0.2) is 0 Å². The Morgan fingerprint density at radius 3 is 2.29 bits per heavy atom. The van der Waals surface area contributed by atoms with E-state index in [1.54, 1.807) is 4.90 Å². The molecule has 2 aliphatic rings. The second-order valence-corrected chi connectivity index (χ2v) is 10.3. The zero-order valence-corrected chi connectivity index (χ0v) is 18.1. The maximum atomic E-state index is 12.6. The molecule has 0 bridgehead atoms. The number of hydrogen-bond donors (Lipinski definition) is 1. The van der Waals surface area contributed by atoms with E-state index in [0.717, 1.165) is 38.9 Å². The average Bonchev–Trinajstić information content (AvgIpc) is 2.69. The first-order valence-corrected chi connectivity index (χ1v) is 11.9. The highest BCUT2D eigenvalue weighted by molar-refractivity contribution is 7.90. The third-order valence-corrected chi connectivity index (χ3v) is 6.35. The molecular formula is C20H27F3N2O5S. The van der Waals surface area contributed by atoms with Gasteiger partial charge in [-0.05, 0) is 31.4 Å². The number of carbonyl (C=O) groups is 2. The molecule has 1 atom stereocenters. The van der Waals surface area contributed by atoms with Crippen molar-refractivity contribution in [2.45, 2.75) is 25.4 Å². The number of sulfone groups is 1. The monoisotopic (exact) mass is 464 g/mol. The fourth-order valence-electron chi connectivity index (χ4n) is 3.86. The van der Waals surface area contributed by atoms with Crippen LogP contribution in [0.25, 0.3) is 0 Å². The first-order valence-electron chi connectivity index (χ1n) is 9.86. The lowest BCUT2D eigenvalue weighted by atomic mass is 9.72. The second kappa shape index (κ2) is 9.99. The van der Waals surface area contributed by atoms with Gasteiger partial charge in [-0.15, -0.1) is 0 Å². The number of benzene rings is 1. The van der Waals surface area contributed by atoms with E-state index in [1.165, 1.54) is 11.8 Å². The topological polar surface area (TPSA) is 95.0 Å². The van der Waals surface area contributed by atoms with Crippen molar-refractivity contribution in [3.63, 3.8) is 0 Å². The van der Waals surface area contributed by atoms with Gasteiger partial charge in [-0.1, -0.05) is 30.3 Å². The van der Waals surface area contributed by atoms with Gasteiger partial charge in [-0.3, -0.25) is 4.79 Å². The normalized spacial score (nSPS) is 21.9. The van der Waals surface area contributed by atoms with Crippen LogP contribution in [0.1, 0.15) is 18.4 Å². The summed E-state index contributed by atoms with van der Waals surface area (Å²) in [6.45, 7) is 3.88. The van der Waals surface area contributed by atoms with E-state index in [0.29, 0.717) is 13.1 Å². The minimum Gasteiger partial charge on any atom is -0.475 e. The van der Waals surface area contributed by atoms with Crippen molar-refractivity contribution in [1.82, 2.24) is 9.80 Å². The Labute approximate surface area is 179 Å². The van der Waals surface area contributed by atoms with Gasteiger partial charge in [0.25, 0.3) is 0 Å². The maximum absolute atomic E-state index is 12.6. The fraction of sp³-hybridized carbons (Fsp3) is 0.600. The number of halogens is 3. The number of carboxylic acid groups (broad SMARTS) is 1. The number of aliphatic carboxylic acids is 1. The van der Waals surface area contributed by atoms with E-state index in [4.69, 9.17) is 9.90 Å². The molecule has 2 saturated heterocycles. The summed E-state index contributed by atoms with van der Waals surface area (Å²) < 4.78 is 54.3. The Morgan fingerprint density at radius 1 is 1.16 bits per heavy atom. The van der Waals surface area contributed by atoms with Crippen LogP contribution in [0.2, 0.25) is 0 Å². The van der Waals surface area contributed by atoms with Gasteiger partial charge in [0, 0.05) is 32.4 Å². The average molecular weight is 465 g/mol. The molecule has 174 valence electrons. The standard InChI is InChI=1S/C18H26N2O3S.C2HF3O2/c1-24(22,23)13-12-20-15-18(17(20)21)9-5-10-19(14-18)11-8-16-6-3-2-4-7-16;3-2(4,5)1(6)7/h2-4,6-7H,5,8-15H2,1H3;(H,6,7). The minimum atomic E-state index is -5.08. The zero-order chi connectivity index (χ0) is 23.3. The molecule has 0 radical (unpaired) electrons.